The van der Waals surface area contributed by atoms with E-state index < -0.39 is 5.91 Å². The van der Waals surface area contributed by atoms with Crippen LogP contribution in [0.1, 0.15) is 33.6 Å². The van der Waals surface area contributed by atoms with E-state index in [1.807, 2.05) is 10.8 Å². The Morgan fingerprint density at radius 2 is 2.00 bits per heavy atom. The van der Waals surface area contributed by atoms with Gasteiger partial charge in [-0.3, -0.25) is 10.0 Å². The number of halogens is 1. The lowest BCUT2D eigenvalue weighted by Crippen LogP contribution is -2.35. The molecule has 2 aromatic heterocycles. The number of aliphatic hydroxyl groups is 1. The zero-order valence-corrected chi connectivity index (χ0v) is 14.7. The summed E-state index contributed by atoms with van der Waals surface area (Å²) in [6, 6.07) is 6.35. The summed E-state index contributed by atoms with van der Waals surface area (Å²) < 4.78 is 15.2. The number of carbonyl (C=O) groups is 1. The number of rotatable bonds is 5. The highest BCUT2D eigenvalue weighted by molar-refractivity contribution is 6.00. The number of aromatic nitrogens is 2. The van der Waals surface area contributed by atoms with E-state index in [4.69, 9.17) is 0 Å². The molecule has 0 saturated heterocycles. The number of benzene rings is 1. The maximum Gasteiger partial charge on any atom is 0.296 e. The van der Waals surface area contributed by atoms with Gasteiger partial charge in [-0.05, 0) is 48.1 Å². The first kappa shape index (κ1) is 17.6. The molecule has 27 heavy (non-hydrogen) atoms. The molecule has 0 atom stereocenters. The van der Waals surface area contributed by atoms with E-state index >= 15 is 0 Å². The van der Waals surface area contributed by atoms with Crippen molar-refractivity contribution >= 4 is 16.8 Å². The molecule has 0 bridgehead atoms. The molecule has 0 fully saturated rings. The summed E-state index contributed by atoms with van der Waals surface area (Å²) in [7, 11) is 0. The molecule has 0 aliphatic carbocycles. The molecule has 2 N–H and O–H groups in total. The Kier molecular flexibility index (Phi) is 4.63. The van der Waals surface area contributed by atoms with E-state index in [-0.39, 0.29) is 24.7 Å². The number of carbonyl (C=O) groups excluding carboxylic acids is 1. The lowest BCUT2D eigenvalue weighted by atomic mass is 9.97. The van der Waals surface area contributed by atoms with Crippen LogP contribution in [-0.2, 0) is 19.4 Å². The van der Waals surface area contributed by atoms with Crippen molar-refractivity contribution in [3.63, 3.8) is 0 Å². The molecule has 6 nitrogen and oxygen atoms in total. The van der Waals surface area contributed by atoms with Gasteiger partial charge in [-0.1, -0.05) is 12.1 Å². The first-order valence-electron chi connectivity index (χ1n) is 8.94. The van der Waals surface area contributed by atoms with Crippen LogP contribution in [0.2, 0.25) is 0 Å². The SMILES string of the molecule is O=C1c2ncc3c(c(CCCO)cn3Cc3ccc(F)cc3)c2CCN1O. The van der Waals surface area contributed by atoms with Crippen molar-refractivity contribution in [2.75, 3.05) is 13.2 Å². The number of hydrogen-bond acceptors (Lipinski definition) is 4. The minimum atomic E-state index is -0.488. The Morgan fingerprint density at radius 3 is 2.74 bits per heavy atom. The zero-order valence-electron chi connectivity index (χ0n) is 14.7. The summed E-state index contributed by atoms with van der Waals surface area (Å²) in [6.45, 7) is 0.868. The van der Waals surface area contributed by atoms with Crippen LogP contribution in [0.25, 0.3) is 10.9 Å². The predicted octanol–water partition coefficient (Wildman–Crippen LogP) is 2.54. The lowest BCUT2D eigenvalue weighted by molar-refractivity contribution is -0.0606. The van der Waals surface area contributed by atoms with Gasteiger partial charge in [0.1, 0.15) is 11.5 Å². The molecule has 1 amide bonds. The quantitative estimate of drug-likeness (QED) is 0.678. The molecule has 1 aromatic carbocycles. The molecule has 0 radical (unpaired) electrons. The number of aliphatic hydroxyl groups excluding tert-OH is 1. The molecule has 7 heteroatoms. The first-order valence-corrected chi connectivity index (χ1v) is 8.94. The Balaban J connectivity index is 1.83. The van der Waals surface area contributed by atoms with Gasteiger partial charge < -0.3 is 9.67 Å². The number of aryl methyl sites for hydroxylation is 1. The van der Waals surface area contributed by atoms with Crippen LogP contribution in [0.5, 0.6) is 0 Å². The molecule has 0 saturated carbocycles. The normalized spacial score (nSPS) is 14.0. The van der Waals surface area contributed by atoms with Gasteiger partial charge in [0.05, 0.1) is 18.3 Å². The average Bonchev–Trinajstić information content (AvgIpc) is 3.02. The van der Waals surface area contributed by atoms with E-state index in [9.17, 15) is 19.5 Å². The van der Waals surface area contributed by atoms with Crippen LogP contribution in [0.4, 0.5) is 4.39 Å². The molecule has 3 heterocycles. The second kappa shape index (κ2) is 7.09. The number of hydroxylamine groups is 2. The molecular formula is C20H20FN3O3. The van der Waals surface area contributed by atoms with Gasteiger partial charge in [0.2, 0.25) is 0 Å². The van der Waals surface area contributed by atoms with E-state index in [0.717, 1.165) is 27.6 Å². The Morgan fingerprint density at radius 1 is 1.22 bits per heavy atom. The summed E-state index contributed by atoms with van der Waals surface area (Å²) in [5, 5.41) is 20.6. The Bertz CT molecular complexity index is 998. The minimum Gasteiger partial charge on any atom is -0.396 e. The molecule has 3 aromatic rings. The van der Waals surface area contributed by atoms with Gasteiger partial charge in [-0.2, -0.15) is 0 Å². The van der Waals surface area contributed by atoms with E-state index in [1.165, 1.54) is 12.1 Å². The third-order valence-electron chi connectivity index (χ3n) is 4.98. The number of fused-ring (bicyclic) bond motifs is 3. The van der Waals surface area contributed by atoms with Crippen molar-refractivity contribution in [1.29, 1.82) is 0 Å². The van der Waals surface area contributed by atoms with Gasteiger partial charge in [-0.25, -0.2) is 14.4 Å². The molecule has 140 valence electrons. The third-order valence-corrected chi connectivity index (χ3v) is 4.98. The van der Waals surface area contributed by atoms with Crippen molar-refractivity contribution in [2.24, 2.45) is 0 Å². The van der Waals surface area contributed by atoms with E-state index in [1.54, 1.807) is 18.3 Å². The van der Waals surface area contributed by atoms with E-state index in [0.29, 0.717) is 30.9 Å². The molecule has 1 aliphatic rings. The van der Waals surface area contributed by atoms with Crippen LogP contribution >= 0.6 is 0 Å². The van der Waals surface area contributed by atoms with Crippen LogP contribution in [0.15, 0.2) is 36.7 Å². The molecule has 4 rings (SSSR count). The van der Waals surface area contributed by atoms with Gasteiger partial charge >= 0.3 is 0 Å². The third kappa shape index (κ3) is 3.20. The number of amides is 1. The standard InChI is InChI=1S/C20H20FN3O3/c21-15-5-3-13(4-6-15)11-23-12-14(2-1-9-25)18-16-7-8-24(27)20(26)19(16)22-10-17(18)23/h3-6,10,12,25,27H,1-2,7-9,11H2. The first-order chi connectivity index (χ1) is 13.1. The highest BCUT2D eigenvalue weighted by atomic mass is 19.1. The van der Waals surface area contributed by atoms with Gasteiger partial charge in [0.15, 0.2) is 0 Å². The number of nitrogens with zero attached hydrogens (tertiary/aromatic N) is 3. The fraction of sp³-hybridized carbons (Fsp3) is 0.300. The minimum absolute atomic E-state index is 0.0846. The highest BCUT2D eigenvalue weighted by Crippen LogP contribution is 2.31. The van der Waals surface area contributed by atoms with Crippen molar-refractivity contribution in [1.82, 2.24) is 14.6 Å². The maximum absolute atomic E-state index is 13.2. The highest BCUT2D eigenvalue weighted by Gasteiger charge is 2.28. The van der Waals surface area contributed by atoms with Crippen molar-refractivity contribution in [2.45, 2.75) is 25.8 Å². The van der Waals surface area contributed by atoms with Gasteiger partial charge in [-0.15, -0.1) is 0 Å². The summed E-state index contributed by atoms with van der Waals surface area (Å²) in [5.41, 5.74) is 4.01. The van der Waals surface area contributed by atoms with Crippen molar-refractivity contribution < 1.29 is 19.5 Å². The molecule has 0 unspecified atom stereocenters. The van der Waals surface area contributed by atoms with Crippen LogP contribution < -0.4 is 0 Å². The Hall–Kier alpha value is -2.77. The summed E-state index contributed by atoms with van der Waals surface area (Å²) in [4.78, 5) is 16.6. The van der Waals surface area contributed by atoms with E-state index in [2.05, 4.69) is 4.98 Å². The lowest BCUT2D eigenvalue weighted by Gasteiger charge is -2.23. The largest absolute Gasteiger partial charge is 0.396 e. The second-order valence-electron chi connectivity index (χ2n) is 6.76. The topological polar surface area (TPSA) is 78.6 Å². The number of hydrogen-bond donors (Lipinski definition) is 2. The molecular weight excluding hydrogens is 349 g/mol. The monoisotopic (exact) mass is 369 g/mol. The van der Waals surface area contributed by atoms with Gasteiger partial charge in [0.25, 0.3) is 5.91 Å². The van der Waals surface area contributed by atoms with Crippen LogP contribution in [0, 0.1) is 5.82 Å². The smallest absolute Gasteiger partial charge is 0.296 e. The van der Waals surface area contributed by atoms with Gasteiger partial charge in [0, 0.05) is 24.7 Å². The number of pyridine rings is 1. The molecule has 1 aliphatic heterocycles. The fourth-order valence-electron chi connectivity index (χ4n) is 3.69. The second-order valence-corrected chi connectivity index (χ2v) is 6.76. The zero-order chi connectivity index (χ0) is 19.0. The summed E-state index contributed by atoms with van der Waals surface area (Å²) in [5.74, 6) is -0.764. The summed E-state index contributed by atoms with van der Waals surface area (Å²) >= 11 is 0. The fourth-order valence-corrected chi connectivity index (χ4v) is 3.69. The maximum atomic E-state index is 13.2. The Labute approximate surface area is 155 Å². The van der Waals surface area contributed by atoms with Crippen LogP contribution in [-0.4, -0.2) is 44.0 Å². The average molecular weight is 369 g/mol. The molecule has 0 spiro atoms. The van der Waals surface area contributed by atoms with Crippen molar-refractivity contribution in [3.05, 3.63) is 64.9 Å². The predicted molar refractivity (Wildman–Crippen MR) is 97.2 cm³/mol. The summed E-state index contributed by atoms with van der Waals surface area (Å²) in [6.07, 6.45) is 5.48. The van der Waals surface area contributed by atoms with Crippen molar-refractivity contribution in [3.8, 4) is 0 Å². The van der Waals surface area contributed by atoms with Crippen LogP contribution in [0.3, 0.4) is 0 Å².